The van der Waals surface area contributed by atoms with E-state index in [2.05, 4.69) is 12.1 Å². The Balaban J connectivity index is 1.23. The monoisotopic (exact) mass is 583 g/mol. The number of amides is 1. The van der Waals surface area contributed by atoms with Gasteiger partial charge in [0.1, 0.15) is 23.7 Å². The van der Waals surface area contributed by atoms with Crippen LogP contribution in [-0.4, -0.2) is 54.1 Å². The number of phenolic OH excluding ortho intramolecular Hbond substituents is 1. The molecule has 7 nitrogen and oxygen atoms in total. The first-order valence-electron chi connectivity index (χ1n) is 14.9. The zero-order chi connectivity index (χ0) is 30.2. The molecule has 0 aliphatic carbocycles. The fourth-order valence-corrected chi connectivity index (χ4v) is 5.39. The summed E-state index contributed by atoms with van der Waals surface area (Å²) in [6, 6.07) is 29.7. The normalized spacial score (nSPS) is 17.1. The summed E-state index contributed by atoms with van der Waals surface area (Å²) in [6.07, 6.45) is 0.148. The van der Waals surface area contributed by atoms with Crippen LogP contribution in [0.5, 0.6) is 11.5 Å². The van der Waals surface area contributed by atoms with E-state index in [1.807, 2.05) is 93.6 Å². The van der Waals surface area contributed by atoms with Gasteiger partial charge in [0.05, 0.1) is 32.5 Å². The predicted octanol–water partition coefficient (Wildman–Crippen LogP) is 7.45. The molecule has 2 atom stereocenters. The summed E-state index contributed by atoms with van der Waals surface area (Å²) in [4.78, 5) is 14.7. The van der Waals surface area contributed by atoms with Gasteiger partial charge in [-0.15, -0.1) is 0 Å². The van der Waals surface area contributed by atoms with Gasteiger partial charge in [0.25, 0.3) is 0 Å². The molecule has 2 unspecified atom stereocenters. The predicted molar refractivity (Wildman–Crippen MR) is 167 cm³/mol. The Morgan fingerprint density at radius 2 is 1.63 bits per heavy atom. The van der Waals surface area contributed by atoms with Gasteiger partial charge in [0.15, 0.2) is 0 Å². The topological polar surface area (TPSA) is 77.5 Å². The van der Waals surface area contributed by atoms with E-state index >= 15 is 0 Å². The van der Waals surface area contributed by atoms with Crippen LogP contribution in [-0.2, 0) is 27.4 Å². The van der Waals surface area contributed by atoms with E-state index in [4.69, 9.17) is 18.9 Å². The fourth-order valence-electron chi connectivity index (χ4n) is 5.39. The number of carbonyl (C=O) groups is 1. The molecule has 0 saturated carbocycles. The molecule has 226 valence electrons. The summed E-state index contributed by atoms with van der Waals surface area (Å²) in [5, 5.41) is 12.3. The van der Waals surface area contributed by atoms with E-state index in [0.29, 0.717) is 39.5 Å². The first kappa shape index (κ1) is 30.4. The molecule has 1 heterocycles. The van der Waals surface area contributed by atoms with Crippen LogP contribution in [0.15, 0.2) is 91.0 Å². The molecule has 5 rings (SSSR count). The molecule has 1 aliphatic heterocycles. The maximum absolute atomic E-state index is 12.9. The van der Waals surface area contributed by atoms with E-state index in [9.17, 15) is 9.90 Å². The van der Waals surface area contributed by atoms with Gasteiger partial charge in [-0.25, -0.2) is 4.79 Å². The highest BCUT2D eigenvalue weighted by Gasteiger charge is 2.35. The third-order valence-corrected chi connectivity index (χ3v) is 7.49. The number of phenols is 1. The molecule has 1 aliphatic rings. The third kappa shape index (κ3) is 8.49. The lowest BCUT2D eigenvalue weighted by molar-refractivity contribution is -0.0359. The maximum atomic E-state index is 12.9. The number of hydrogen-bond donors (Lipinski definition) is 1. The number of ether oxygens (including phenoxy) is 4. The molecule has 4 aromatic rings. The molecular formula is C36H41NO6. The molecular weight excluding hydrogens is 542 g/mol. The number of carbonyl (C=O) groups excluding carboxylic acids is 1. The second-order valence-electron chi connectivity index (χ2n) is 12.0. The van der Waals surface area contributed by atoms with E-state index in [0.717, 1.165) is 39.6 Å². The molecule has 4 aromatic carbocycles. The minimum Gasteiger partial charge on any atom is -0.507 e. The zero-order valence-corrected chi connectivity index (χ0v) is 25.2. The molecule has 1 amide bonds. The lowest BCUT2D eigenvalue weighted by Crippen LogP contribution is -2.48. The molecule has 43 heavy (non-hydrogen) atoms. The molecule has 1 fully saturated rings. The first-order chi connectivity index (χ1) is 20.7. The molecule has 0 spiro atoms. The number of nitrogens with zero attached hydrogens (tertiary/aromatic N) is 1. The summed E-state index contributed by atoms with van der Waals surface area (Å²) in [5.41, 5.74) is 2.57. The molecule has 1 saturated heterocycles. The van der Waals surface area contributed by atoms with E-state index in [1.165, 1.54) is 0 Å². The van der Waals surface area contributed by atoms with Crippen molar-refractivity contribution in [2.75, 3.05) is 26.3 Å². The van der Waals surface area contributed by atoms with Crippen molar-refractivity contribution in [2.24, 2.45) is 0 Å². The van der Waals surface area contributed by atoms with Gasteiger partial charge in [-0.2, -0.15) is 0 Å². The van der Waals surface area contributed by atoms with Gasteiger partial charge in [-0.05, 0) is 73.5 Å². The summed E-state index contributed by atoms with van der Waals surface area (Å²) >= 11 is 0. The average molecular weight is 584 g/mol. The van der Waals surface area contributed by atoms with Crippen LogP contribution in [0.2, 0.25) is 0 Å². The van der Waals surface area contributed by atoms with Gasteiger partial charge in [0, 0.05) is 17.8 Å². The van der Waals surface area contributed by atoms with E-state index in [1.54, 1.807) is 11.0 Å². The standard InChI is InChI=1S/C36H41NO6/c1-36(2,3)43-35(39)37-18-17-32(34(23-37)42-25-27-21-29-11-7-8-12-31(29)33(38)22-27)28-13-15-30(16-14-28)41-20-19-40-24-26-9-5-4-6-10-26/h4-16,21-22,32,34,38H,17-20,23-25H2,1-3H3. The number of likely N-dealkylation sites (tertiary alicyclic amines) is 1. The summed E-state index contributed by atoms with van der Waals surface area (Å²) in [7, 11) is 0. The van der Waals surface area contributed by atoms with Gasteiger partial charge < -0.3 is 29.0 Å². The number of rotatable bonds is 10. The van der Waals surface area contributed by atoms with Crippen LogP contribution < -0.4 is 4.74 Å². The van der Waals surface area contributed by atoms with Crippen molar-refractivity contribution in [3.63, 3.8) is 0 Å². The van der Waals surface area contributed by atoms with Gasteiger partial charge >= 0.3 is 6.09 Å². The molecule has 0 aromatic heterocycles. The smallest absolute Gasteiger partial charge is 0.410 e. The lowest BCUT2D eigenvalue weighted by Gasteiger charge is -2.39. The largest absolute Gasteiger partial charge is 0.507 e. The quantitative estimate of drug-likeness (QED) is 0.195. The lowest BCUT2D eigenvalue weighted by atomic mass is 9.87. The number of fused-ring (bicyclic) bond motifs is 1. The molecule has 1 N–H and O–H groups in total. The van der Waals surface area contributed by atoms with Gasteiger partial charge in [-0.3, -0.25) is 0 Å². The summed E-state index contributed by atoms with van der Waals surface area (Å²) in [6.45, 7) is 8.44. The highest BCUT2D eigenvalue weighted by Crippen LogP contribution is 2.34. The number of hydrogen-bond acceptors (Lipinski definition) is 6. The third-order valence-electron chi connectivity index (χ3n) is 7.49. The van der Waals surface area contributed by atoms with Crippen LogP contribution in [0.25, 0.3) is 10.8 Å². The number of benzene rings is 4. The van der Waals surface area contributed by atoms with Crippen LogP contribution in [0.1, 0.15) is 49.8 Å². The van der Waals surface area contributed by atoms with Crippen molar-refractivity contribution in [3.05, 3.63) is 108 Å². The molecule has 0 bridgehead atoms. The Morgan fingerprint density at radius 3 is 2.40 bits per heavy atom. The molecule has 0 radical (unpaired) electrons. The van der Waals surface area contributed by atoms with E-state index in [-0.39, 0.29) is 23.9 Å². The number of aromatic hydroxyl groups is 1. The highest BCUT2D eigenvalue weighted by atomic mass is 16.6. The maximum Gasteiger partial charge on any atom is 0.410 e. The Kier molecular flexibility index (Phi) is 9.85. The van der Waals surface area contributed by atoms with Crippen LogP contribution in [0.4, 0.5) is 4.79 Å². The average Bonchev–Trinajstić information content (AvgIpc) is 3.00. The second-order valence-corrected chi connectivity index (χ2v) is 12.0. The highest BCUT2D eigenvalue weighted by molar-refractivity contribution is 5.88. The number of piperidine rings is 1. The van der Waals surface area contributed by atoms with Crippen molar-refractivity contribution < 1.29 is 28.8 Å². The Hall–Kier alpha value is -4.07. The van der Waals surface area contributed by atoms with Crippen LogP contribution in [0.3, 0.4) is 0 Å². The summed E-state index contributed by atoms with van der Waals surface area (Å²) in [5.74, 6) is 1.09. The minimum atomic E-state index is -0.574. The van der Waals surface area contributed by atoms with Gasteiger partial charge in [-0.1, -0.05) is 66.7 Å². The van der Waals surface area contributed by atoms with Crippen LogP contribution >= 0.6 is 0 Å². The SMILES string of the molecule is CC(C)(C)OC(=O)N1CCC(c2ccc(OCCOCc3ccccc3)cc2)C(OCc2cc(O)c3ccccc3c2)C1. The first-order valence-corrected chi connectivity index (χ1v) is 14.9. The van der Waals surface area contributed by atoms with Crippen molar-refractivity contribution >= 4 is 16.9 Å². The van der Waals surface area contributed by atoms with Crippen LogP contribution in [0, 0.1) is 0 Å². The van der Waals surface area contributed by atoms with Crippen molar-refractivity contribution in [3.8, 4) is 11.5 Å². The Morgan fingerprint density at radius 1 is 0.884 bits per heavy atom. The van der Waals surface area contributed by atoms with Gasteiger partial charge in [0.2, 0.25) is 0 Å². The summed E-state index contributed by atoms with van der Waals surface area (Å²) < 4.78 is 23.8. The fraction of sp³-hybridized carbons (Fsp3) is 0.361. The molecule has 7 heteroatoms. The zero-order valence-electron chi connectivity index (χ0n) is 25.2. The van der Waals surface area contributed by atoms with Crippen molar-refractivity contribution in [1.29, 1.82) is 0 Å². The minimum absolute atomic E-state index is 0.0796. The second kappa shape index (κ2) is 13.9. The van der Waals surface area contributed by atoms with E-state index < -0.39 is 5.60 Å². The Labute approximate surface area is 254 Å². The van der Waals surface area contributed by atoms with Crippen molar-refractivity contribution in [1.82, 2.24) is 4.90 Å². The van der Waals surface area contributed by atoms with Crippen molar-refractivity contribution in [2.45, 2.75) is 58.0 Å². The Bertz CT molecular complexity index is 1480.